The van der Waals surface area contributed by atoms with E-state index in [0.29, 0.717) is 0 Å². The molecule has 3 heteroatoms. The van der Waals surface area contributed by atoms with Crippen LogP contribution in [0.25, 0.3) is 0 Å². The molecule has 0 heterocycles. The maximum absolute atomic E-state index is 9.63. The second-order valence-corrected chi connectivity index (χ2v) is 5.58. The highest BCUT2D eigenvalue weighted by Gasteiger charge is 2.09. The van der Waals surface area contributed by atoms with E-state index >= 15 is 0 Å². The number of aliphatic hydroxyl groups is 1. The van der Waals surface area contributed by atoms with Crippen molar-refractivity contribution in [2.24, 2.45) is 0 Å². The highest BCUT2D eigenvalue weighted by Crippen LogP contribution is 2.28. The normalized spacial score (nSPS) is 12.2. The third-order valence-corrected chi connectivity index (χ3v) is 3.82. The largest absolute Gasteiger partial charge is 0.389 e. The lowest BCUT2D eigenvalue weighted by molar-refractivity contribution is 0.198. The van der Waals surface area contributed by atoms with E-state index < -0.39 is 6.10 Å². The Balaban J connectivity index is 2.16. The molecule has 2 aromatic rings. The summed E-state index contributed by atoms with van der Waals surface area (Å²) >= 11 is 3.51. The average Bonchev–Trinajstić information content (AvgIpc) is 2.39. The molecule has 100 valence electrons. The van der Waals surface area contributed by atoms with Gasteiger partial charge in [0.2, 0.25) is 0 Å². The minimum Gasteiger partial charge on any atom is -0.389 e. The number of hydrogen-bond donors (Lipinski definition) is 1. The summed E-state index contributed by atoms with van der Waals surface area (Å²) in [5, 5.41) is 9.63. The minimum atomic E-state index is -0.456. The van der Waals surface area contributed by atoms with Crippen LogP contribution in [-0.2, 0) is 6.54 Å². The number of anilines is 1. The van der Waals surface area contributed by atoms with Crippen molar-refractivity contribution in [2.75, 3.05) is 11.9 Å². The topological polar surface area (TPSA) is 23.5 Å². The molecule has 0 saturated heterocycles. The molecule has 0 unspecified atom stereocenters. The van der Waals surface area contributed by atoms with Gasteiger partial charge in [0, 0.05) is 23.8 Å². The third-order valence-electron chi connectivity index (χ3n) is 3.14. The lowest BCUT2D eigenvalue weighted by Gasteiger charge is -2.21. The molecule has 19 heavy (non-hydrogen) atoms. The van der Waals surface area contributed by atoms with E-state index in [0.717, 1.165) is 22.3 Å². The Morgan fingerprint density at radius 1 is 1.16 bits per heavy atom. The van der Waals surface area contributed by atoms with Crippen LogP contribution < -0.4 is 4.90 Å². The number of halogens is 1. The SMILES string of the molecule is C[C@@H](O)c1ccc(N(C)Cc2ccccc2)cc1Br. The van der Waals surface area contributed by atoms with Crippen molar-refractivity contribution in [3.63, 3.8) is 0 Å². The summed E-state index contributed by atoms with van der Waals surface area (Å²) in [4.78, 5) is 2.19. The standard InChI is InChI=1S/C16H18BrNO/c1-12(19)15-9-8-14(10-16(15)17)18(2)11-13-6-4-3-5-7-13/h3-10,12,19H,11H2,1-2H3/t12-/m1/s1. The predicted molar refractivity (Wildman–Crippen MR) is 83.3 cm³/mol. The van der Waals surface area contributed by atoms with Gasteiger partial charge in [0.15, 0.2) is 0 Å². The van der Waals surface area contributed by atoms with Crippen LogP contribution in [0.2, 0.25) is 0 Å². The molecule has 0 fully saturated rings. The van der Waals surface area contributed by atoms with Gasteiger partial charge in [0.25, 0.3) is 0 Å². The Hall–Kier alpha value is -1.32. The first kappa shape index (κ1) is 14.1. The van der Waals surface area contributed by atoms with Crippen molar-refractivity contribution in [3.8, 4) is 0 Å². The zero-order valence-electron chi connectivity index (χ0n) is 11.2. The molecule has 0 aromatic heterocycles. The first-order valence-electron chi connectivity index (χ1n) is 6.30. The molecule has 0 aliphatic carbocycles. The Labute approximate surface area is 122 Å². The average molecular weight is 320 g/mol. The lowest BCUT2D eigenvalue weighted by atomic mass is 10.1. The van der Waals surface area contributed by atoms with Crippen LogP contribution in [0.15, 0.2) is 53.0 Å². The van der Waals surface area contributed by atoms with Crippen molar-refractivity contribution >= 4 is 21.6 Å². The molecule has 0 radical (unpaired) electrons. The van der Waals surface area contributed by atoms with Crippen LogP contribution in [0.4, 0.5) is 5.69 Å². The molecule has 2 nitrogen and oxygen atoms in total. The summed E-state index contributed by atoms with van der Waals surface area (Å²) in [6.45, 7) is 2.63. The summed E-state index contributed by atoms with van der Waals surface area (Å²) in [6.07, 6.45) is -0.456. The second kappa shape index (κ2) is 6.22. The van der Waals surface area contributed by atoms with Crippen molar-refractivity contribution in [1.29, 1.82) is 0 Å². The van der Waals surface area contributed by atoms with Gasteiger partial charge >= 0.3 is 0 Å². The zero-order valence-corrected chi connectivity index (χ0v) is 12.8. The van der Waals surface area contributed by atoms with E-state index in [1.807, 2.05) is 24.3 Å². The van der Waals surface area contributed by atoms with Crippen molar-refractivity contribution < 1.29 is 5.11 Å². The van der Waals surface area contributed by atoms with E-state index in [1.54, 1.807) is 6.92 Å². The molecular weight excluding hydrogens is 302 g/mol. The minimum absolute atomic E-state index is 0.456. The van der Waals surface area contributed by atoms with Crippen LogP contribution in [0.1, 0.15) is 24.2 Å². The smallest absolute Gasteiger partial charge is 0.0772 e. The summed E-state index contributed by atoms with van der Waals surface area (Å²) in [6, 6.07) is 16.4. The number of nitrogens with zero attached hydrogens (tertiary/aromatic N) is 1. The van der Waals surface area contributed by atoms with Gasteiger partial charge in [-0.1, -0.05) is 52.3 Å². The molecule has 0 aliphatic rings. The van der Waals surface area contributed by atoms with Crippen LogP contribution in [0.5, 0.6) is 0 Å². The van der Waals surface area contributed by atoms with Gasteiger partial charge in [-0.25, -0.2) is 0 Å². The number of aliphatic hydroxyl groups excluding tert-OH is 1. The molecule has 0 saturated carbocycles. The summed E-state index contributed by atoms with van der Waals surface area (Å²) in [5.74, 6) is 0. The maximum Gasteiger partial charge on any atom is 0.0772 e. The zero-order chi connectivity index (χ0) is 13.8. The van der Waals surface area contributed by atoms with Gasteiger partial charge in [-0.05, 0) is 30.2 Å². The van der Waals surface area contributed by atoms with Gasteiger partial charge < -0.3 is 10.0 Å². The van der Waals surface area contributed by atoms with Crippen molar-refractivity contribution in [3.05, 3.63) is 64.1 Å². The van der Waals surface area contributed by atoms with Gasteiger partial charge in [0.05, 0.1) is 6.10 Å². The van der Waals surface area contributed by atoms with E-state index in [-0.39, 0.29) is 0 Å². The Kier molecular flexibility index (Phi) is 4.61. The van der Waals surface area contributed by atoms with E-state index in [4.69, 9.17) is 0 Å². The molecular formula is C16H18BrNO. The fraction of sp³-hybridized carbons (Fsp3) is 0.250. The molecule has 2 aromatic carbocycles. The van der Waals surface area contributed by atoms with Crippen LogP contribution in [0.3, 0.4) is 0 Å². The van der Waals surface area contributed by atoms with Crippen LogP contribution in [-0.4, -0.2) is 12.2 Å². The summed E-state index contributed by atoms with van der Waals surface area (Å²) in [7, 11) is 2.07. The summed E-state index contributed by atoms with van der Waals surface area (Å²) < 4.78 is 0.944. The molecule has 2 rings (SSSR count). The van der Waals surface area contributed by atoms with E-state index in [1.165, 1.54) is 5.56 Å². The van der Waals surface area contributed by atoms with Crippen LogP contribution >= 0.6 is 15.9 Å². The third kappa shape index (κ3) is 3.58. The highest BCUT2D eigenvalue weighted by molar-refractivity contribution is 9.10. The number of benzene rings is 2. The van der Waals surface area contributed by atoms with Crippen LogP contribution in [0, 0.1) is 0 Å². The van der Waals surface area contributed by atoms with Gasteiger partial charge in [-0.15, -0.1) is 0 Å². The fourth-order valence-corrected chi connectivity index (χ4v) is 2.74. The first-order chi connectivity index (χ1) is 9.08. The monoisotopic (exact) mass is 319 g/mol. The van der Waals surface area contributed by atoms with E-state index in [2.05, 4.69) is 52.1 Å². The molecule has 0 amide bonds. The Bertz CT molecular complexity index is 540. The quantitative estimate of drug-likeness (QED) is 0.915. The van der Waals surface area contributed by atoms with Gasteiger partial charge in [0.1, 0.15) is 0 Å². The Morgan fingerprint density at radius 3 is 2.42 bits per heavy atom. The predicted octanol–water partition coefficient (Wildman–Crippen LogP) is 4.14. The second-order valence-electron chi connectivity index (χ2n) is 4.72. The molecule has 0 aliphatic heterocycles. The van der Waals surface area contributed by atoms with Crippen molar-refractivity contribution in [1.82, 2.24) is 0 Å². The molecule has 1 atom stereocenters. The van der Waals surface area contributed by atoms with Gasteiger partial charge in [-0.2, -0.15) is 0 Å². The molecule has 1 N–H and O–H groups in total. The van der Waals surface area contributed by atoms with Gasteiger partial charge in [-0.3, -0.25) is 0 Å². The number of hydrogen-bond acceptors (Lipinski definition) is 2. The first-order valence-corrected chi connectivity index (χ1v) is 7.10. The maximum atomic E-state index is 9.63. The molecule has 0 bridgehead atoms. The Morgan fingerprint density at radius 2 is 1.84 bits per heavy atom. The lowest BCUT2D eigenvalue weighted by Crippen LogP contribution is -2.16. The number of rotatable bonds is 4. The fourth-order valence-electron chi connectivity index (χ4n) is 2.04. The van der Waals surface area contributed by atoms with Crippen molar-refractivity contribution in [2.45, 2.75) is 19.6 Å². The highest BCUT2D eigenvalue weighted by atomic mass is 79.9. The molecule has 0 spiro atoms. The van der Waals surface area contributed by atoms with E-state index in [9.17, 15) is 5.11 Å². The summed E-state index contributed by atoms with van der Waals surface area (Å²) in [5.41, 5.74) is 3.32.